The maximum absolute atomic E-state index is 12.9. The summed E-state index contributed by atoms with van der Waals surface area (Å²) >= 11 is 0. The monoisotopic (exact) mass is 344 g/mol. The molecule has 26 heavy (non-hydrogen) atoms. The summed E-state index contributed by atoms with van der Waals surface area (Å²) in [5.74, 6) is -0.136. The Bertz CT molecular complexity index is 1070. The quantitative estimate of drug-likeness (QED) is 0.572. The molecule has 0 atom stereocenters. The van der Waals surface area contributed by atoms with Crippen LogP contribution < -0.4 is 10.7 Å². The Kier molecular flexibility index (Phi) is 4.05. The van der Waals surface area contributed by atoms with Crippen molar-refractivity contribution in [1.29, 1.82) is 0 Å². The molecule has 2 aromatic carbocycles. The van der Waals surface area contributed by atoms with Crippen LogP contribution in [0.3, 0.4) is 0 Å². The molecule has 2 aromatic rings. The normalized spacial score (nSPS) is 11.1. The number of pyridine rings is 1. The molecule has 0 aliphatic carbocycles. The van der Waals surface area contributed by atoms with Gasteiger partial charge < -0.3 is 9.67 Å². The first-order valence-electron chi connectivity index (χ1n) is 8.54. The predicted molar refractivity (Wildman–Crippen MR) is 98.8 cm³/mol. The van der Waals surface area contributed by atoms with Gasteiger partial charge >= 0.3 is 0 Å². The van der Waals surface area contributed by atoms with Gasteiger partial charge in [-0.1, -0.05) is 48.5 Å². The van der Waals surface area contributed by atoms with Crippen LogP contribution >= 0.6 is 0 Å². The highest BCUT2D eigenvalue weighted by molar-refractivity contribution is 5.65. The lowest BCUT2D eigenvalue weighted by Crippen LogP contribution is -2.18. The summed E-state index contributed by atoms with van der Waals surface area (Å²) in [5, 5.41) is 16.9. The van der Waals surface area contributed by atoms with E-state index >= 15 is 0 Å². The minimum absolute atomic E-state index is 0.136. The smallest absolute Gasteiger partial charge is 0.282 e. The number of para-hydroxylation sites is 1. The number of hydrogen-bond acceptors (Lipinski definition) is 3. The molecule has 0 spiro atoms. The first-order chi connectivity index (χ1) is 12.6. The van der Waals surface area contributed by atoms with Gasteiger partial charge in [0, 0.05) is 12.2 Å². The van der Waals surface area contributed by atoms with Gasteiger partial charge in [0.05, 0.1) is 16.9 Å². The number of hydrogen-bond donors (Lipinski definition) is 0. The molecule has 2 aliphatic rings. The van der Waals surface area contributed by atoms with Crippen molar-refractivity contribution in [2.45, 2.75) is 19.9 Å². The van der Waals surface area contributed by atoms with E-state index in [1.54, 1.807) is 4.57 Å². The molecule has 2 aliphatic heterocycles. The zero-order valence-corrected chi connectivity index (χ0v) is 14.4. The zero-order valence-electron chi connectivity index (χ0n) is 14.4. The molecule has 0 saturated heterocycles. The third-order valence-corrected chi connectivity index (χ3v) is 4.63. The topological polar surface area (TPSA) is 62.9 Å². The number of aryl methyl sites for hydroxylation is 1. The van der Waals surface area contributed by atoms with Crippen LogP contribution in [0.15, 0.2) is 71.5 Å². The second-order valence-electron chi connectivity index (χ2n) is 6.27. The summed E-state index contributed by atoms with van der Waals surface area (Å²) in [6.07, 6.45) is 0.730. The predicted octanol–water partition coefficient (Wildman–Crippen LogP) is 2.76. The largest absolute Gasteiger partial charge is 0.860 e. The van der Waals surface area contributed by atoms with Crippen molar-refractivity contribution < 1.29 is 5.11 Å². The molecule has 0 fully saturated rings. The highest BCUT2D eigenvalue weighted by Gasteiger charge is 2.20. The van der Waals surface area contributed by atoms with E-state index in [9.17, 15) is 9.90 Å². The van der Waals surface area contributed by atoms with Gasteiger partial charge in [0.2, 0.25) is 0 Å². The molecule has 0 saturated carbocycles. The van der Waals surface area contributed by atoms with E-state index in [1.807, 2.05) is 67.6 Å². The number of rotatable bonds is 4. The average Bonchev–Trinajstić information content (AvgIpc) is 2.99. The van der Waals surface area contributed by atoms with Crippen LogP contribution in [0.4, 0.5) is 0 Å². The maximum atomic E-state index is 12.9. The molecule has 5 heteroatoms. The first kappa shape index (κ1) is 16.1. The van der Waals surface area contributed by atoms with Gasteiger partial charge in [0.1, 0.15) is 0 Å². The Morgan fingerprint density at radius 3 is 2.35 bits per heavy atom. The van der Waals surface area contributed by atoms with Gasteiger partial charge in [-0.05, 0) is 43.0 Å². The third-order valence-electron chi connectivity index (χ3n) is 4.63. The van der Waals surface area contributed by atoms with Crippen LogP contribution in [0.5, 0.6) is 5.88 Å². The van der Waals surface area contributed by atoms with E-state index in [1.165, 1.54) is 10.7 Å². The second-order valence-corrected chi connectivity index (χ2v) is 6.27. The van der Waals surface area contributed by atoms with Gasteiger partial charge in [-0.25, -0.2) is 0 Å². The number of benzene rings is 2. The first-order valence-corrected chi connectivity index (χ1v) is 8.54. The standard InChI is InChI=1S/C21H19N3O2/c1-15-20-18(22-24(21(20)26)17-10-6-3-7-11-17)14-19(25)23(15)13-12-16-8-4-2-5-9-16/h2-11,14,25H,12-13H2,1H3/p-1. The van der Waals surface area contributed by atoms with Crippen molar-refractivity contribution in [2.24, 2.45) is 0 Å². The van der Waals surface area contributed by atoms with Crippen LogP contribution in [-0.2, 0) is 13.0 Å². The Hall–Kier alpha value is -3.34. The lowest BCUT2D eigenvalue weighted by Gasteiger charge is -2.22. The van der Waals surface area contributed by atoms with Crippen molar-refractivity contribution >= 4 is 0 Å². The Labute approximate surface area is 151 Å². The van der Waals surface area contributed by atoms with Gasteiger partial charge in [0.15, 0.2) is 0 Å². The molecule has 130 valence electrons. The zero-order chi connectivity index (χ0) is 18.1. The molecule has 0 bridgehead atoms. The van der Waals surface area contributed by atoms with Gasteiger partial charge in [0.25, 0.3) is 5.56 Å². The molecule has 0 N–H and O–H groups in total. The van der Waals surface area contributed by atoms with Crippen molar-refractivity contribution in [1.82, 2.24) is 14.3 Å². The summed E-state index contributed by atoms with van der Waals surface area (Å²) in [6, 6.07) is 20.7. The summed E-state index contributed by atoms with van der Waals surface area (Å²) in [7, 11) is 0. The van der Waals surface area contributed by atoms with E-state index in [2.05, 4.69) is 5.10 Å². The number of nitrogens with zero attached hydrogens (tertiary/aromatic N) is 3. The Balaban J connectivity index is 1.78. The SMILES string of the molecule is Cc1c2c(=O)n(-c3ccccc3)nc-2cc([O-])n1CCc1ccccc1. The van der Waals surface area contributed by atoms with Gasteiger partial charge in [-0.3, -0.25) is 4.79 Å². The van der Waals surface area contributed by atoms with Crippen molar-refractivity contribution in [3.8, 4) is 22.8 Å². The van der Waals surface area contributed by atoms with Crippen molar-refractivity contribution in [2.75, 3.05) is 0 Å². The average molecular weight is 344 g/mol. The minimum atomic E-state index is -0.197. The van der Waals surface area contributed by atoms with Crippen LogP contribution in [0.1, 0.15) is 11.3 Å². The lowest BCUT2D eigenvalue weighted by atomic mass is 10.1. The molecule has 4 rings (SSSR count). The fraction of sp³-hybridized carbons (Fsp3) is 0.143. The van der Waals surface area contributed by atoms with Crippen LogP contribution in [0.25, 0.3) is 16.9 Å². The maximum Gasteiger partial charge on any atom is 0.282 e. The van der Waals surface area contributed by atoms with Gasteiger partial charge in [-0.2, -0.15) is 9.78 Å². The fourth-order valence-corrected chi connectivity index (χ4v) is 3.26. The molecular formula is C21H18N3O2-. The minimum Gasteiger partial charge on any atom is -0.860 e. The van der Waals surface area contributed by atoms with Crippen LogP contribution in [0, 0.1) is 6.92 Å². The highest BCUT2D eigenvalue weighted by Crippen LogP contribution is 2.26. The molecule has 0 radical (unpaired) electrons. The Morgan fingerprint density at radius 2 is 1.65 bits per heavy atom. The van der Waals surface area contributed by atoms with Crippen LogP contribution in [-0.4, -0.2) is 14.3 Å². The van der Waals surface area contributed by atoms with E-state index < -0.39 is 0 Å². The van der Waals surface area contributed by atoms with E-state index in [0.717, 1.165) is 12.0 Å². The lowest BCUT2D eigenvalue weighted by molar-refractivity contribution is -0.279. The molecular weight excluding hydrogens is 326 g/mol. The molecule has 2 heterocycles. The number of aromatic nitrogens is 3. The van der Waals surface area contributed by atoms with E-state index in [-0.39, 0.29) is 11.4 Å². The fourth-order valence-electron chi connectivity index (χ4n) is 3.26. The Morgan fingerprint density at radius 1 is 1.00 bits per heavy atom. The van der Waals surface area contributed by atoms with Crippen LogP contribution in [0.2, 0.25) is 0 Å². The molecule has 5 nitrogen and oxygen atoms in total. The summed E-state index contributed by atoms with van der Waals surface area (Å²) < 4.78 is 3.02. The van der Waals surface area contributed by atoms with Crippen molar-refractivity contribution in [3.63, 3.8) is 0 Å². The summed E-state index contributed by atoms with van der Waals surface area (Å²) in [5.41, 5.74) is 3.25. The second kappa shape index (κ2) is 6.52. The van der Waals surface area contributed by atoms with Gasteiger partial charge in [-0.15, -0.1) is 0 Å². The highest BCUT2D eigenvalue weighted by atomic mass is 16.3. The third kappa shape index (κ3) is 2.77. The summed E-state index contributed by atoms with van der Waals surface area (Å²) in [6.45, 7) is 2.34. The van der Waals surface area contributed by atoms with Crippen molar-refractivity contribution in [3.05, 3.63) is 88.3 Å². The molecule has 0 amide bonds. The van der Waals surface area contributed by atoms with E-state index in [0.29, 0.717) is 29.2 Å². The molecule has 0 aromatic heterocycles. The molecule has 0 unspecified atom stereocenters. The number of fused-ring (bicyclic) bond motifs is 1. The van der Waals surface area contributed by atoms with E-state index in [4.69, 9.17) is 0 Å². The summed E-state index contributed by atoms with van der Waals surface area (Å²) in [4.78, 5) is 12.9.